The van der Waals surface area contributed by atoms with Crippen LogP contribution in [0.1, 0.15) is 19.8 Å². The summed E-state index contributed by atoms with van der Waals surface area (Å²) in [6.45, 7) is 1.58. The maximum atomic E-state index is 13.5. The van der Waals surface area contributed by atoms with E-state index in [4.69, 9.17) is 4.65 Å². The zero-order valence-electron chi connectivity index (χ0n) is 11.7. The molecule has 0 spiro atoms. The van der Waals surface area contributed by atoms with E-state index in [1.54, 1.807) is 6.92 Å². The molecule has 3 aliphatic rings. The summed E-state index contributed by atoms with van der Waals surface area (Å²) in [5.41, 5.74) is 3.60. The second-order valence-corrected chi connectivity index (χ2v) is 5.37. The molecule has 0 aromatic heterocycles. The Labute approximate surface area is 116 Å². The van der Waals surface area contributed by atoms with Crippen LogP contribution < -0.4 is 0 Å². The number of hydrogen-bond acceptors (Lipinski definition) is 2. The van der Waals surface area contributed by atoms with Gasteiger partial charge in [-0.3, -0.25) is 0 Å². The third-order valence-corrected chi connectivity index (χ3v) is 3.76. The van der Waals surface area contributed by atoms with Gasteiger partial charge in [0.2, 0.25) is 0 Å². The fourth-order valence-corrected chi connectivity index (χ4v) is 2.73. The van der Waals surface area contributed by atoms with Crippen molar-refractivity contribution in [3.8, 4) is 0 Å². The number of hydrogen-bond donors (Lipinski definition) is 0. The van der Waals surface area contributed by atoms with Crippen LogP contribution in [0.25, 0.3) is 0 Å². The van der Waals surface area contributed by atoms with E-state index >= 15 is 0 Å². The number of fused-ring (bicyclic) bond motifs is 2. The average molecular weight is 279 g/mol. The Morgan fingerprint density at radius 2 is 1.90 bits per heavy atom. The van der Waals surface area contributed by atoms with Gasteiger partial charge in [-0.05, 0) is 31.4 Å². The largest absolute Gasteiger partial charge is 0.725 e. The Hall–Kier alpha value is -1.85. The molecule has 0 atom stereocenters. The molecule has 0 fully saturated rings. The third kappa shape index (κ3) is 2.09. The molecule has 106 valence electrons. The van der Waals surface area contributed by atoms with E-state index < -0.39 is 7.11 Å². The summed E-state index contributed by atoms with van der Waals surface area (Å²) >= 11 is 0. The molecule has 1 aliphatic heterocycles. The van der Waals surface area contributed by atoms with E-state index in [-0.39, 0.29) is 11.5 Å². The molecule has 6 heteroatoms. The maximum Gasteiger partial charge on any atom is 0.725 e. The number of nitrogens with zero attached hydrogens (tertiary/aromatic N) is 1. The minimum absolute atomic E-state index is 0.276. The molecule has 3 rings (SSSR count). The van der Waals surface area contributed by atoms with Crippen molar-refractivity contribution in [1.29, 1.82) is 0 Å². The van der Waals surface area contributed by atoms with Gasteiger partial charge in [0.05, 0.1) is 11.5 Å². The Kier molecular flexibility index (Phi) is 2.85. The van der Waals surface area contributed by atoms with Gasteiger partial charge < -0.3 is 17.9 Å². The van der Waals surface area contributed by atoms with Gasteiger partial charge in [-0.2, -0.15) is 0 Å². The van der Waals surface area contributed by atoms with Crippen molar-refractivity contribution in [2.75, 3.05) is 14.1 Å². The number of rotatable bonds is 0. The van der Waals surface area contributed by atoms with Crippen molar-refractivity contribution in [3.63, 3.8) is 0 Å². The van der Waals surface area contributed by atoms with E-state index in [1.165, 1.54) is 0 Å². The highest BCUT2D eigenvalue weighted by Crippen LogP contribution is 2.43. The molecule has 0 amide bonds. The molecule has 1 heterocycles. The second-order valence-electron chi connectivity index (χ2n) is 5.37. The molecule has 0 N–H and O–H groups in total. The van der Waals surface area contributed by atoms with Crippen LogP contribution in [0, 0.1) is 0 Å². The molecular formula is C14H16BF2NO2. The van der Waals surface area contributed by atoms with Crippen molar-refractivity contribution in [1.82, 2.24) is 0 Å². The lowest BCUT2D eigenvalue weighted by Gasteiger charge is -2.40. The SMILES string of the molecule is CC1=C2CCC3=CC(=[N+](C)C)C=CC3=C2O[B-](F)(F)O1. The van der Waals surface area contributed by atoms with E-state index in [0.29, 0.717) is 6.42 Å². The lowest BCUT2D eigenvalue weighted by atomic mass is 9.83. The highest BCUT2D eigenvalue weighted by Gasteiger charge is 2.41. The zero-order valence-corrected chi connectivity index (χ0v) is 11.7. The lowest BCUT2D eigenvalue weighted by molar-refractivity contribution is -0.462. The van der Waals surface area contributed by atoms with Gasteiger partial charge in [-0.25, -0.2) is 4.58 Å². The molecule has 0 bridgehead atoms. The highest BCUT2D eigenvalue weighted by atomic mass is 19.3. The zero-order chi connectivity index (χ0) is 14.5. The summed E-state index contributed by atoms with van der Waals surface area (Å²) in [6, 6.07) is 0. The van der Waals surface area contributed by atoms with E-state index in [0.717, 1.165) is 28.9 Å². The van der Waals surface area contributed by atoms with Gasteiger partial charge in [-0.1, -0.05) is 0 Å². The topological polar surface area (TPSA) is 21.5 Å². The fourth-order valence-electron chi connectivity index (χ4n) is 2.73. The first-order valence-corrected chi connectivity index (χ1v) is 6.63. The van der Waals surface area contributed by atoms with Crippen LogP contribution in [0.3, 0.4) is 0 Å². The number of halogens is 2. The van der Waals surface area contributed by atoms with Crippen LogP contribution in [0.2, 0.25) is 0 Å². The quantitative estimate of drug-likeness (QED) is 0.502. The van der Waals surface area contributed by atoms with Crippen molar-refractivity contribution in [2.45, 2.75) is 19.8 Å². The molecular weight excluding hydrogens is 263 g/mol. The van der Waals surface area contributed by atoms with Gasteiger partial charge in [0.1, 0.15) is 14.1 Å². The first kappa shape index (κ1) is 13.2. The predicted octanol–water partition coefficient (Wildman–Crippen LogP) is 2.94. The van der Waals surface area contributed by atoms with Crippen molar-refractivity contribution in [2.24, 2.45) is 0 Å². The molecule has 0 saturated carbocycles. The minimum atomic E-state index is -4.25. The smallest absolute Gasteiger partial charge is 0.630 e. The molecule has 2 aliphatic carbocycles. The summed E-state index contributed by atoms with van der Waals surface area (Å²) in [4.78, 5) is 0. The molecule has 20 heavy (non-hydrogen) atoms. The van der Waals surface area contributed by atoms with Gasteiger partial charge in [0.25, 0.3) is 0 Å². The van der Waals surface area contributed by atoms with Crippen LogP contribution in [-0.2, 0) is 9.31 Å². The van der Waals surface area contributed by atoms with Crippen molar-refractivity contribution >= 4 is 12.8 Å². The van der Waals surface area contributed by atoms with E-state index in [9.17, 15) is 8.63 Å². The standard InChI is InChI=1S/C14H16BF2NO2/c1-9-12-6-4-10-8-11(18(2)3)5-7-13(10)14(12)20-15(16,17)19-9/h5,7-8H,4,6H2,1-3H3. The van der Waals surface area contributed by atoms with Gasteiger partial charge in [0, 0.05) is 23.3 Å². The first-order valence-electron chi connectivity index (χ1n) is 6.63. The predicted molar refractivity (Wildman–Crippen MR) is 73.4 cm³/mol. The Morgan fingerprint density at radius 3 is 2.60 bits per heavy atom. The second kappa shape index (κ2) is 4.33. The van der Waals surface area contributed by atoms with Crippen LogP contribution in [0.4, 0.5) is 8.63 Å². The monoisotopic (exact) mass is 279 g/mol. The van der Waals surface area contributed by atoms with Gasteiger partial charge in [0.15, 0.2) is 5.71 Å². The van der Waals surface area contributed by atoms with Gasteiger partial charge in [-0.15, -0.1) is 0 Å². The Bertz CT molecular complexity index is 638. The number of allylic oxidation sites excluding steroid dienone is 7. The average Bonchev–Trinajstić information content (AvgIpc) is 2.36. The molecule has 3 nitrogen and oxygen atoms in total. The normalized spacial score (nSPS) is 23.6. The summed E-state index contributed by atoms with van der Waals surface area (Å²) < 4.78 is 38.4. The molecule has 0 unspecified atom stereocenters. The van der Waals surface area contributed by atoms with Crippen molar-refractivity contribution in [3.05, 3.63) is 46.5 Å². The third-order valence-electron chi connectivity index (χ3n) is 3.76. The molecule has 0 saturated heterocycles. The van der Waals surface area contributed by atoms with Gasteiger partial charge >= 0.3 is 7.11 Å². The lowest BCUT2D eigenvalue weighted by Crippen LogP contribution is -2.37. The summed E-state index contributed by atoms with van der Waals surface area (Å²) in [6.07, 6.45) is 7.26. The van der Waals surface area contributed by atoms with E-state index in [1.807, 2.05) is 36.9 Å². The van der Waals surface area contributed by atoms with Crippen LogP contribution in [0.15, 0.2) is 46.5 Å². The van der Waals surface area contributed by atoms with E-state index in [2.05, 4.69) is 4.65 Å². The first-order chi connectivity index (χ1) is 9.37. The van der Waals surface area contributed by atoms with Crippen molar-refractivity contribution < 1.29 is 22.5 Å². The highest BCUT2D eigenvalue weighted by molar-refractivity contribution is 6.53. The summed E-state index contributed by atoms with van der Waals surface area (Å²) in [5.74, 6) is 0.559. The summed E-state index contributed by atoms with van der Waals surface area (Å²) in [7, 11) is -0.347. The molecule has 0 radical (unpaired) electrons. The minimum Gasteiger partial charge on any atom is -0.630 e. The van der Waals surface area contributed by atoms with Crippen LogP contribution in [-0.4, -0.2) is 31.5 Å². The Balaban J connectivity index is 2.14. The Morgan fingerprint density at radius 1 is 1.15 bits per heavy atom. The fraction of sp³-hybridized carbons (Fsp3) is 0.357. The maximum absolute atomic E-state index is 13.5. The van der Waals surface area contributed by atoms with Crippen LogP contribution >= 0.6 is 0 Å². The van der Waals surface area contributed by atoms with Crippen LogP contribution in [0.5, 0.6) is 0 Å². The molecule has 0 aromatic rings. The summed E-state index contributed by atoms with van der Waals surface area (Å²) in [5, 5.41) is 0. The molecule has 0 aromatic carbocycles.